The summed E-state index contributed by atoms with van der Waals surface area (Å²) >= 11 is 2.15. The molecule has 0 aliphatic heterocycles. The summed E-state index contributed by atoms with van der Waals surface area (Å²) in [5.74, 6) is -0.288. The number of alkyl halides is 1. The van der Waals surface area contributed by atoms with Gasteiger partial charge in [-0.25, -0.2) is 4.79 Å². The summed E-state index contributed by atoms with van der Waals surface area (Å²) in [4.78, 5) is 26.1. The second-order valence-corrected chi connectivity index (χ2v) is 5.88. The maximum absolute atomic E-state index is 12.4. The highest BCUT2D eigenvalue weighted by molar-refractivity contribution is 14.1. The number of rotatable bonds is 6. The monoisotopic (exact) mass is 460 g/mol. The van der Waals surface area contributed by atoms with Crippen molar-refractivity contribution >= 4 is 34.6 Å². The molecule has 1 aromatic rings. The van der Waals surface area contributed by atoms with Crippen molar-refractivity contribution in [3.05, 3.63) is 47.7 Å². The standard InChI is InChI=1S/C18H26N2O3.CH3I/c1-6-11-23-18(22)20-16(12(2)3)17(21)19-14(5)15-9-7-13(4)8-10-15;1-2/h6-12,14,16H,1-5H3,(H,19,21)(H,20,22);1H3/b11-6+;. The summed E-state index contributed by atoms with van der Waals surface area (Å²) in [7, 11) is 0. The maximum atomic E-state index is 12.4. The Morgan fingerprint density at radius 2 is 1.64 bits per heavy atom. The van der Waals surface area contributed by atoms with Crippen molar-refractivity contribution in [3.63, 3.8) is 0 Å². The molecule has 0 saturated carbocycles. The van der Waals surface area contributed by atoms with Crippen LogP contribution in [0.25, 0.3) is 0 Å². The number of carbonyl (C=O) groups is 2. The average molecular weight is 460 g/mol. The van der Waals surface area contributed by atoms with E-state index in [0.29, 0.717) is 0 Å². The molecule has 2 amide bonds. The molecule has 0 radical (unpaired) electrons. The van der Waals surface area contributed by atoms with Crippen molar-refractivity contribution in [2.45, 2.75) is 46.7 Å². The van der Waals surface area contributed by atoms with Gasteiger partial charge in [0.1, 0.15) is 6.04 Å². The Kier molecular flexibility index (Phi) is 11.9. The molecule has 2 unspecified atom stereocenters. The summed E-state index contributed by atoms with van der Waals surface area (Å²) < 4.78 is 4.81. The molecule has 0 heterocycles. The first kappa shape index (κ1) is 23.4. The Hall–Kier alpha value is -1.57. The van der Waals surface area contributed by atoms with E-state index in [0.717, 1.165) is 5.56 Å². The van der Waals surface area contributed by atoms with Crippen molar-refractivity contribution in [2.75, 3.05) is 4.93 Å². The molecule has 0 saturated heterocycles. The number of aryl methyl sites for hydroxylation is 1. The predicted molar refractivity (Wildman–Crippen MR) is 111 cm³/mol. The molecule has 1 rings (SSSR count). The summed E-state index contributed by atoms with van der Waals surface area (Å²) in [6.07, 6.45) is 2.24. The van der Waals surface area contributed by atoms with E-state index in [9.17, 15) is 9.59 Å². The Bertz CT molecular complexity index is 556. The van der Waals surface area contributed by atoms with Crippen LogP contribution in [0.3, 0.4) is 0 Å². The third-order valence-electron chi connectivity index (χ3n) is 3.47. The lowest BCUT2D eigenvalue weighted by Crippen LogP contribution is -2.50. The first-order valence-electron chi connectivity index (χ1n) is 8.18. The predicted octanol–water partition coefficient (Wildman–Crippen LogP) is 4.51. The van der Waals surface area contributed by atoms with E-state index in [4.69, 9.17) is 4.74 Å². The third kappa shape index (κ3) is 8.90. The molecule has 0 aliphatic carbocycles. The number of amides is 2. The van der Waals surface area contributed by atoms with Crippen molar-refractivity contribution in [1.29, 1.82) is 0 Å². The van der Waals surface area contributed by atoms with Crippen LogP contribution in [0.1, 0.15) is 44.9 Å². The minimum absolute atomic E-state index is 0.0571. The van der Waals surface area contributed by atoms with E-state index in [2.05, 4.69) is 33.2 Å². The van der Waals surface area contributed by atoms with Crippen LogP contribution < -0.4 is 10.6 Å². The van der Waals surface area contributed by atoms with E-state index in [1.54, 1.807) is 13.0 Å². The molecule has 0 aliphatic rings. The van der Waals surface area contributed by atoms with Gasteiger partial charge < -0.3 is 15.4 Å². The zero-order chi connectivity index (χ0) is 19.4. The van der Waals surface area contributed by atoms with E-state index >= 15 is 0 Å². The van der Waals surface area contributed by atoms with Crippen LogP contribution in [0.2, 0.25) is 0 Å². The van der Waals surface area contributed by atoms with Crippen molar-refractivity contribution in [3.8, 4) is 0 Å². The summed E-state index contributed by atoms with van der Waals surface area (Å²) in [5, 5.41) is 5.52. The molecular weight excluding hydrogens is 431 g/mol. The van der Waals surface area contributed by atoms with Crippen molar-refractivity contribution in [1.82, 2.24) is 10.6 Å². The van der Waals surface area contributed by atoms with Gasteiger partial charge >= 0.3 is 6.09 Å². The summed E-state index contributed by atoms with van der Waals surface area (Å²) in [6.45, 7) is 9.41. The molecule has 1 aromatic carbocycles. The number of hydrogen-bond donors (Lipinski definition) is 2. The SMILES string of the molecule is C/C=C/OC(=O)NC(C(=O)NC(C)c1ccc(C)cc1)C(C)C.CI. The highest BCUT2D eigenvalue weighted by atomic mass is 127. The van der Waals surface area contributed by atoms with Crippen LogP contribution in [0.15, 0.2) is 36.6 Å². The van der Waals surface area contributed by atoms with Crippen LogP contribution in [0, 0.1) is 12.8 Å². The van der Waals surface area contributed by atoms with Gasteiger partial charge in [0.2, 0.25) is 5.91 Å². The number of ether oxygens (including phenoxy) is 1. The largest absolute Gasteiger partial charge is 0.419 e. The van der Waals surface area contributed by atoms with Gasteiger partial charge in [0.15, 0.2) is 0 Å². The average Bonchev–Trinajstić information content (AvgIpc) is 2.59. The van der Waals surface area contributed by atoms with Gasteiger partial charge in [-0.05, 0) is 37.2 Å². The minimum Gasteiger partial charge on any atom is -0.419 e. The molecule has 6 heteroatoms. The zero-order valence-electron chi connectivity index (χ0n) is 15.8. The second-order valence-electron chi connectivity index (χ2n) is 5.88. The number of hydrogen-bond acceptors (Lipinski definition) is 3. The fourth-order valence-corrected chi connectivity index (χ4v) is 2.07. The van der Waals surface area contributed by atoms with Crippen molar-refractivity contribution < 1.29 is 14.3 Å². The highest BCUT2D eigenvalue weighted by Crippen LogP contribution is 2.14. The lowest BCUT2D eigenvalue weighted by molar-refractivity contribution is -0.124. The lowest BCUT2D eigenvalue weighted by Gasteiger charge is -2.23. The van der Waals surface area contributed by atoms with Gasteiger partial charge in [-0.1, -0.05) is 72.3 Å². The second kappa shape index (κ2) is 12.7. The fraction of sp³-hybridized carbons (Fsp3) is 0.474. The quantitative estimate of drug-likeness (QED) is 0.373. The molecule has 5 nitrogen and oxygen atoms in total. The zero-order valence-corrected chi connectivity index (χ0v) is 18.0. The third-order valence-corrected chi connectivity index (χ3v) is 3.47. The van der Waals surface area contributed by atoms with E-state index in [1.165, 1.54) is 11.8 Å². The van der Waals surface area contributed by atoms with Crippen LogP contribution in [0.4, 0.5) is 4.79 Å². The Labute approximate surface area is 164 Å². The Balaban J connectivity index is 0.00000277. The molecule has 140 valence electrons. The summed E-state index contributed by atoms with van der Waals surface area (Å²) in [5.41, 5.74) is 2.18. The number of allylic oxidation sites excluding steroid dienone is 1. The molecule has 2 N–H and O–H groups in total. The topological polar surface area (TPSA) is 67.4 Å². The van der Waals surface area contributed by atoms with Gasteiger partial charge in [0.25, 0.3) is 0 Å². The fourth-order valence-electron chi connectivity index (χ4n) is 2.07. The smallest absolute Gasteiger partial charge is 0.412 e. The number of alkyl carbamates (subject to hydrolysis) is 1. The van der Waals surface area contributed by atoms with Crippen LogP contribution in [0.5, 0.6) is 0 Å². The number of halogens is 1. The number of nitrogens with one attached hydrogen (secondary N) is 2. The van der Waals surface area contributed by atoms with Crippen LogP contribution in [-0.4, -0.2) is 23.0 Å². The molecule has 25 heavy (non-hydrogen) atoms. The molecule has 0 fully saturated rings. The van der Waals surface area contributed by atoms with Crippen LogP contribution in [-0.2, 0) is 9.53 Å². The molecular formula is C19H29IN2O3. The Morgan fingerprint density at radius 1 is 1.08 bits per heavy atom. The first-order chi connectivity index (χ1) is 11.8. The minimum atomic E-state index is -0.652. The van der Waals surface area contributed by atoms with E-state index in [-0.39, 0.29) is 17.9 Å². The van der Waals surface area contributed by atoms with Gasteiger partial charge in [-0.3, -0.25) is 4.79 Å². The van der Waals surface area contributed by atoms with Crippen molar-refractivity contribution in [2.24, 2.45) is 5.92 Å². The normalized spacial score (nSPS) is 12.8. The van der Waals surface area contributed by atoms with Crippen LogP contribution >= 0.6 is 22.6 Å². The van der Waals surface area contributed by atoms with Gasteiger partial charge in [-0.15, -0.1) is 0 Å². The van der Waals surface area contributed by atoms with E-state index < -0.39 is 12.1 Å². The van der Waals surface area contributed by atoms with E-state index in [1.807, 2.05) is 56.9 Å². The first-order valence-corrected chi connectivity index (χ1v) is 10.3. The lowest BCUT2D eigenvalue weighted by atomic mass is 10.0. The number of carbonyl (C=O) groups excluding carboxylic acids is 2. The highest BCUT2D eigenvalue weighted by Gasteiger charge is 2.25. The maximum Gasteiger partial charge on any atom is 0.412 e. The Morgan fingerprint density at radius 3 is 2.12 bits per heavy atom. The molecule has 2 atom stereocenters. The number of benzene rings is 1. The molecule has 0 spiro atoms. The van der Waals surface area contributed by atoms with Gasteiger partial charge in [0.05, 0.1) is 12.3 Å². The summed E-state index contributed by atoms with van der Waals surface area (Å²) in [6, 6.07) is 7.19. The van der Waals surface area contributed by atoms with Gasteiger partial charge in [-0.2, -0.15) is 0 Å². The molecule has 0 aromatic heterocycles. The van der Waals surface area contributed by atoms with Gasteiger partial charge in [0, 0.05) is 0 Å². The molecule has 0 bridgehead atoms.